The SMILES string of the molecule is CC(C)c1cccc(F)c1.CC(C)c1nccs1.Cc1cc(C(C)C)ccc1F.Cc1cc(F)cc(C(C)C)c1.Cc1ccc(C(C)C)cc1.Cc1ccc(C(C)C)o1.Cc1ccc(C(C)C)s1.Cc1cccc(C(C)C)c1. The second-order valence-corrected chi connectivity index (χ2v) is 24.7. The second kappa shape index (κ2) is 37.4. The normalized spacial score (nSPS) is 10.5. The molecule has 78 heavy (non-hydrogen) atoms. The molecule has 8 rings (SSSR count). The smallest absolute Gasteiger partial charge is 0.126 e. The zero-order chi connectivity index (χ0) is 59.2. The number of hydrogen-bond acceptors (Lipinski definition) is 4. The molecular formula is C71H98F3NOS2. The van der Waals surface area contributed by atoms with Gasteiger partial charge in [0.15, 0.2) is 0 Å². The summed E-state index contributed by atoms with van der Waals surface area (Å²) in [4.78, 5) is 7.04. The third-order valence-corrected chi connectivity index (χ3v) is 14.5. The Hall–Kier alpha value is -5.50. The largest absolute Gasteiger partial charge is 0.466 e. The Kier molecular flexibility index (Phi) is 33.8. The molecule has 0 saturated heterocycles. The maximum Gasteiger partial charge on any atom is 0.126 e. The van der Waals surface area contributed by atoms with Crippen LogP contribution in [0.3, 0.4) is 0 Å². The summed E-state index contributed by atoms with van der Waals surface area (Å²) in [5, 5.41) is 3.24. The van der Waals surface area contributed by atoms with Crippen LogP contribution in [0.1, 0.15) is 234 Å². The monoisotopic (exact) mass is 1100 g/mol. The summed E-state index contributed by atoms with van der Waals surface area (Å²) in [5.74, 6) is 6.09. The minimum Gasteiger partial charge on any atom is -0.466 e. The molecule has 0 aliphatic carbocycles. The predicted molar refractivity (Wildman–Crippen MR) is 338 cm³/mol. The topological polar surface area (TPSA) is 26.0 Å². The van der Waals surface area contributed by atoms with Crippen molar-refractivity contribution in [2.24, 2.45) is 0 Å². The number of aryl methyl sites for hydroxylation is 6. The zero-order valence-electron chi connectivity index (χ0n) is 51.8. The predicted octanol–water partition coefficient (Wildman–Crippen LogP) is 23.9. The van der Waals surface area contributed by atoms with E-state index < -0.39 is 0 Å². The van der Waals surface area contributed by atoms with Gasteiger partial charge in [0, 0.05) is 33.2 Å². The van der Waals surface area contributed by atoms with Crippen molar-refractivity contribution in [3.05, 3.63) is 239 Å². The fraction of sp³-hybridized carbons (Fsp3) is 0.423. The Morgan fingerprint density at radius 1 is 0.397 bits per heavy atom. The number of thiophene rings is 1. The van der Waals surface area contributed by atoms with Crippen molar-refractivity contribution in [3.8, 4) is 0 Å². The summed E-state index contributed by atoms with van der Waals surface area (Å²) < 4.78 is 43.4. The highest BCUT2D eigenvalue weighted by Gasteiger charge is 2.05. The van der Waals surface area contributed by atoms with Crippen LogP contribution in [0.5, 0.6) is 0 Å². The van der Waals surface area contributed by atoms with E-state index in [1.54, 1.807) is 42.5 Å². The Labute approximate surface area is 481 Å². The van der Waals surface area contributed by atoms with Crippen LogP contribution in [0.4, 0.5) is 13.2 Å². The van der Waals surface area contributed by atoms with Crippen LogP contribution in [0.15, 0.2) is 149 Å². The molecule has 0 aliphatic heterocycles. The van der Waals surface area contributed by atoms with Crippen molar-refractivity contribution < 1.29 is 17.6 Å². The zero-order valence-corrected chi connectivity index (χ0v) is 53.4. The molecule has 0 N–H and O–H groups in total. The minimum atomic E-state index is -0.147. The van der Waals surface area contributed by atoms with Gasteiger partial charge in [-0.2, -0.15) is 0 Å². The number of thiazole rings is 1. The van der Waals surface area contributed by atoms with Crippen molar-refractivity contribution in [2.75, 3.05) is 0 Å². The molecule has 3 heterocycles. The summed E-state index contributed by atoms with van der Waals surface area (Å²) in [5.41, 5.74) is 10.6. The van der Waals surface area contributed by atoms with Gasteiger partial charge in [-0.3, -0.25) is 0 Å². The standard InChI is InChI=1S/2C10H13F.2C10H14.C9H11F.C8H12O.C8H12S.C6H9NS/c1-7(2)9-4-8(3)5-10(11)6-9;1-7(2)9-4-5-10(11)8(3)6-9;1-8(2)10-6-4-9(3)5-7-10;1-8(2)10-6-4-5-9(3)7-10;1-7(2)8-4-3-5-9(10)6-8;2*1-6(2)8-5-4-7(3)9-8;1-5(2)6-7-3-4-8-6/h2*4-7H,1-3H3;2*4-8H,1-3H3;3-7H,1-2H3;2*4-6H,1-3H3;3-5H,1-2H3. The summed E-state index contributed by atoms with van der Waals surface area (Å²) >= 11 is 3.62. The highest BCUT2D eigenvalue weighted by atomic mass is 32.1. The van der Waals surface area contributed by atoms with Crippen LogP contribution in [-0.2, 0) is 0 Å². The van der Waals surface area contributed by atoms with Crippen molar-refractivity contribution in [2.45, 2.75) is 200 Å². The molecule has 5 aromatic carbocycles. The quantitative estimate of drug-likeness (QED) is 0.152. The number of halogens is 3. The van der Waals surface area contributed by atoms with Gasteiger partial charge in [-0.05, 0) is 171 Å². The molecule has 0 unspecified atom stereocenters. The lowest BCUT2D eigenvalue weighted by Crippen LogP contribution is -1.89. The van der Waals surface area contributed by atoms with Gasteiger partial charge in [0.2, 0.25) is 0 Å². The van der Waals surface area contributed by atoms with E-state index in [-0.39, 0.29) is 17.5 Å². The summed E-state index contributed by atoms with van der Waals surface area (Å²) in [6.45, 7) is 46.4. The Morgan fingerprint density at radius 3 is 1.26 bits per heavy atom. The van der Waals surface area contributed by atoms with Gasteiger partial charge < -0.3 is 4.42 Å². The van der Waals surface area contributed by atoms with Gasteiger partial charge in [-0.1, -0.05) is 201 Å². The molecule has 3 aromatic heterocycles. The van der Waals surface area contributed by atoms with E-state index in [2.05, 4.69) is 197 Å². The summed E-state index contributed by atoms with van der Waals surface area (Å²) in [6.07, 6.45) is 1.85. The first-order valence-corrected chi connectivity index (χ1v) is 29.6. The molecule has 0 atom stereocenters. The van der Waals surface area contributed by atoms with E-state index in [9.17, 15) is 13.2 Å². The van der Waals surface area contributed by atoms with Crippen LogP contribution in [-0.4, -0.2) is 4.98 Å². The van der Waals surface area contributed by atoms with E-state index >= 15 is 0 Å². The van der Waals surface area contributed by atoms with Crippen LogP contribution in [0, 0.1) is 59.0 Å². The number of rotatable bonds is 8. The Morgan fingerprint density at radius 2 is 0.910 bits per heavy atom. The first-order valence-electron chi connectivity index (χ1n) is 27.9. The summed E-state index contributed by atoms with van der Waals surface area (Å²) in [7, 11) is 0. The van der Waals surface area contributed by atoms with Crippen molar-refractivity contribution in [1.82, 2.24) is 4.98 Å². The third kappa shape index (κ3) is 30.0. The second-order valence-electron chi connectivity index (χ2n) is 22.5. The fourth-order valence-corrected chi connectivity index (χ4v) is 8.55. The highest BCUT2D eigenvalue weighted by molar-refractivity contribution is 7.12. The molecule has 0 amide bonds. The van der Waals surface area contributed by atoms with Gasteiger partial charge in [-0.25, -0.2) is 18.2 Å². The van der Waals surface area contributed by atoms with Crippen LogP contribution >= 0.6 is 22.7 Å². The molecule has 0 fully saturated rings. The van der Waals surface area contributed by atoms with Crippen molar-refractivity contribution in [3.63, 3.8) is 0 Å². The van der Waals surface area contributed by atoms with Crippen LogP contribution in [0.2, 0.25) is 0 Å². The molecular weight excluding hydrogens is 1000 g/mol. The van der Waals surface area contributed by atoms with E-state index in [0.29, 0.717) is 47.3 Å². The molecule has 426 valence electrons. The molecule has 7 heteroatoms. The average molecular weight is 1100 g/mol. The number of hydrogen-bond donors (Lipinski definition) is 0. The Bertz CT molecular complexity index is 2690. The molecule has 0 saturated carbocycles. The van der Waals surface area contributed by atoms with Crippen LogP contribution < -0.4 is 0 Å². The molecule has 0 spiro atoms. The van der Waals surface area contributed by atoms with Gasteiger partial charge in [0.05, 0.1) is 5.01 Å². The third-order valence-electron chi connectivity index (χ3n) is 12.2. The number of benzene rings is 5. The molecule has 2 nitrogen and oxygen atoms in total. The fourth-order valence-electron chi connectivity index (χ4n) is 7.02. The molecule has 8 aromatic rings. The van der Waals surface area contributed by atoms with Gasteiger partial charge >= 0.3 is 0 Å². The van der Waals surface area contributed by atoms with E-state index in [1.165, 1.54) is 54.7 Å². The van der Waals surface area contributed by atoms with Gasteiger partial charge in [0.25, 0.3) is 0 Å². The van der Waals surface area contributed by atoms with Crippen molar-refractivity contribution in [1.29, 1.82) is 0 Å². The van der Waals surface area contributed by atoms with Crippen molar-refractivity contribution >= 4 is 22.7 Å². The Balaban J connectivity index is 0.000000446. The number of furan rings is 1. The lowest BCUT2D eigenvalue weighted by Gasteiger charge is -2.05. The highest BCUT2D eigenvalue weighted by Crippen LogP contribution is 2.24. The molecule has 0 bridgehead atoms. The number of nitrogens with zero attached hydrogens (tertiary/aromatic N) is 1. The summed E-state index contributed by atoms with van der Waals surface area (Å²) in [6, 6.07) is 43.0. The lowest BCUT2D eigenvalue weighted by atomic mass is 10.0. The minimum absolute atomic E-state index is 0.116. The maximum atomic E-state index is 12.8. The molecule has 0 aliphatic rings. The molecule has 0 radical (unpaired) electrons. The van der Waals surface area contributed by atoms with E-state index in [0.717, 1.165) is 33.8 Å². The van der Waals surface area contributed by atoms with Crippen LogP contribution in [0.25, 0.3) is 0 Å². The first-order chi connectivity index (χ1) is 36.5. The van der Waals surface area contributed by atoms with E-state index in [1.807, 2.05) is 73.2 Å². The maximum absolute atomic E-state index is 12.8. The van der Waals surface area contributed by atoms with E-state index in [4.69, 9.17) is 4.42 Å². The lowest BCUT2D eigenvalue weighted by molar-refractivity contribution is 0.463. The first kappa shape index (κ1) is 70.5. The van der Waals surface area contributed by atoms with Gasteiger partial charge in [-0.15, -0.1) is 22.7 Å². The van der Waals surface area contributed by atoms with Gasteiger partial charge in [0.1, 0.15) is 29.0 Å². The average Bonchev–Trinajstić information content (AvgIpc) is 4.18. The number of aromatic nitrogens is 1.